The van der Waals surface area contributed by atoms with E-state index in [9.17, 15) is 4.79 Å². The minimum absolute atomic E-state index is 0.117. The molecule has 0 atom stereocenters. The third-order valence-electron chi connectivity index (χ3n) is 2.48. The average Bonchev–Trinajstić information content (AvgIpc) is 2.45. The summed E-state index contributed by atoms with van der Waals surface area (Å²) in [6, 6.07) is 6.64. The van der Waals surface area contributed by atoms with Gasteiger partial charge < -0.3 is 15.2 Å². The Morgan fingerprint density at radius 1 is 1.26 bits per heavy atom. The van der Waals surface area contributed by atoms with Crippen LogP contribution in [0.5, 0.6) is 11.8 Å². The molecule has 0 aliphatic heterocycles. The molecule has 98 valence electrons. The van der Waals surface area contributed by atoms with Crippen LogP contribution in [0.3, 0.4) is 0 Å². The highest BCUT2D eigenvalue weighted by Gasteiger charge is 2.18. The van der Waals surface area contributed by atoms with Gasteiger partial charge >= 0.3 is 0 Å². The minimum Gasteiger partial charge on any atom is -0.480 e. The van der Waals surface area contributed by atoms with E-state index in [0.717, 1.165) is 0 Å². The number of ketones is 1. The van der Waals surface area contributed by atoms with Crippen LogP contribution in [-0.2, 0) is 0 Å². The predicted molar refractivity (Wildman–Crippen MR) is 69.4 cm³/mol. The molecule has 0 aliphatic rings. The van der Waals surface area contributed by atoms with E-state index in [4.69, 9.17) is 15.2 Å². The second-order valence-electron chi connectivity index (χ2n) is 3.72. The largest absolute Gasteiger partial charge is 0.480 e. The zero-order valence-electron chi connectivity index (χ0n) is 10.6. The topological polar surface area (TPSA) is 87.3 Å². The Labute approximate surface area is 110 Å². The molecule has 0 bridgehead atoms. The molecular weight excluding hydrogens is 246 g/mol. The molecule has 0 aliphatic carbocycles. The average molecular weight is 259 g/mol. The molecule has 1 aromatic heterocycles. The summed E-state index contributed by atoms with van der Waals surface area (Å²) in [6.07, 6.45) is 1.36. The molecule has 0 saturated heterocycles. The number of rotatable bonds is 4. The maximum absolute atomic E-state index is 12.3. The van der Waals surface area contributed by atoms with Crippen LogP contribution in [0.25, 0.3) is 0 Å². The highest BCUT2D eigenvalue weighted by atomic mass is 16.5. The lowest BCUT2D eigenvalue weighted by Crippen LogP contribution is -2.09. The van der Waals surface area contributed by atoms with Gasteiger partial charge in [-0.1, -0.05) is 12.1 Å². The second kappa shape index (κ2) is 5.34. The normalized spacial score (nSPS) is 10.0. The Morgan fingerprint density at radius 3 is 2.68 bits per heavy atom. The maximum Gasteiger partial charge on any atom is 0.247 e. The monoisotopic (exact) mass is 259 g/mol. The molecule has 2 aromatic rings. The Hall–Kier alpha value is -2.63. The first-order chi connectivity index (χ1) is 9.15. The Morgan fingerprint density at radius 2 is 2.05 bits per heavy atom. The van der Waals surface area contributed by atoms with Crippen LogP contribution in [0.1, 0.15) is 16.1 Å². The highest BCUT2D eigenvalue weighted by Crippen LogP contribution is 2.20. The molecule has 2 N–H and O–H groups in total. The summed E-state index contributed by atoms with van der Waals surface area (Å²) in [7, 11) is 2.88. The van der Waals surface area contributed by atoms with Gasteiger partial charge in [-0.15, -0.1) is 0 Å². The fraction of sp³-hybridized carbons (Fsp3) is 0.154. The number of hydrogen-bond donors (Lipinski definition) is 1. The van der Waals surface area contributed by atoms with Gasteiger partial charge in [0.1, 0.15) is 0 Å². The smallest absolute Gasteiger partial charge is 0.247 e. The van der Waals surface area contributed by atoms with Gasteiger partial charge in [0.2, 0.25) is 17.5 Å². The fourth-order valence-corrected chi connectivity index (χ4v) is 1.57. The zero-order chi connectivity index (χ0) is 13.8. The molecule has 0 spiro atoms. The number of anilines is 1. The lowest BCUT2D eigenvalue weighted by Gasteiger charge is -2.07. The van der Waals surface area contributed by atoms with Crippen molar-refractivity contribution in [2.45, 2.75) is 0 Å². The molecule has 1 aromatic carbocycles. The Balaban J connectivity index is 2.44. The van der Waals surface area contributed by atoms with Gasteiger partial charge in [-0.25, -0.2) is 4.98 Å². The summed E-state index contributed by atoms with van der Waals surface area (Å²) < 4.78 is 9.99. The molecule has 6 heteroatoms. The first-order valence-electron chi connectivity index (χ1n) is 5.51. The standard InChI is InChI=1S/C13H13N3O3/c1-18-10-7-15-11(13(16-10)19-2)12(17)8-4-3-5-9(14)6-8/h3-7H,14H2,1-2H3. The third-order valence-corrected chi connectivity index (χ3v) is 2.48. The summed E-state index contributed by atoms with van der Waals surface area (Å²) >= 11 is 0. The Bertz CT molecular complexity index is 614. The first kappa shape index (κ1) is 12.8. The van der Waals surface area contributed by atoms with Crippen molar-refractivity contribution in [2.75, 3.05) is 20.0 Å². The van der Waals surface area contributed by atoms with Crippen LogP contribution in [0.4, 0.5) is 5.69 Å². The molecule has 0 amide bonds. The van der Waals surface area contributed by atoms with E-state index >= 15 is 0 Å². The number of aromatic nitrogens is 2. The number of benzene rings is 1. The molecule has 1 heterocycles. The van der Waals surface area contributed by atoms with Crippen molar-refractivity contribution in [2.24, 2.45) is 0 Å². The molecule has 2 rings (SSSR count). The van der Waals surface area contributed by atoms with E-state index in [1.54, 1.807) is 24.3 Å². The van der Waals surface area contributed by atoms with Crippen LogP contribution in [-0.4, -0.2) is 30.0 Å². The summed E-state index contributed by atoms with van der Waals surface area (Å²) in [5, 5.41) is 0. The van der Waals surface area contributed by atoms with Crippen LogP contribution in [0, 0.1) is 0 Å². The van der Waals surface area contributed by atoms with Crippen molar-refractivity contribution in [1.82, 2.24) is 9.97 Å². The molecule has 0 saturated carbocycles. The van der Waals surface area contributed by atoms with Crippen molar-refractivity contribution in [1.29, 1.82) is 0 Å². The van der Waals surface area contributed by atoms with Crippen molar-refractivity contribution < 1.29 is 14.3 Å². The van der Waals surface area contributed by atoms with Crippen LogP contribution >= 0.6 is 0 Å². The van der Waals surface area contributed by atoms with E-state index in [-0.39, 0.29) is 23.2 Å². The summed E-state index contributed by atoms with van der Waals surface area (Å²) in [5.74, 6) is 0.0899. The van der Waals surface area contributed by atoms with Crippen LogP contribution in [0.2, 0.25) is 0 Å². The number of ether oxygens (including phenoxy) is 2. The molecule has 0 unspecified atom stereocenters. The molecule has 6 nitrogen and oxygen atoms in total. The van der Waals surface area contributed by atoms with Gasteiger partial charge in [0.25, 0.3) is 0 Å². The van der Waals surface area contributed by atoms with Gasteiger partial charge in [0.05, 0.1) is 20.4 Å². The van der Waals surface area contributed by atoms with Gasteiger partial charge in [0, 0.05) is 11.3 Å². The van der Waals surface area contributed by atoms with E-state index in [1.807, 2.05) is 0 Å². The van der Waals surface area contributed by atoms with Crippen molar-refractivity contribution >= 4 is 11.5 Å². The van der Waals surface area contributed by atoms with Crippen LogP contribution in [0.15, 0.2) is 30.5 Å². The van der Waals surface area contributed by atoms with Crippen molar-refractivity contribution in [3.8, 4) is 11.8 Å². The summed E-state index contributed by atoms with van der Waals surface area (Å²) in [4.78, 5) is 20.3. The quantitative estimate of drug-likeness (QED) is 0.658. The van der Waals surface area contributed by atoms with E-state index in [1.165, 1.54) is 20.4 Å². The van der Waals surface area contributed by atoms with E-state index in [2.05, 4.69) is 9.97 Å². The van der Waals surface area contributed by atoms with E-state index < -0.39 is 0 Å². The first-order valence-corrected chi connectivity index (χ1v) is 5.51. The van der Waals surface area contributed by atoms with Crippen molar-refractivity contribution in [3.63, 3.8) is 0 Å². The van der Waals surface area contributed by atoms with Crippen molar-refractivity contribution in [3.05, 3.63) is 41.7 Å². The number of nitrogen functional groups attached to an aromatic ring is 1. The summed E-state index contributed by atoms with van der Waals surface area (Å²) in [5.41, 5.74) is 6.70. The highest BCUT2D eigenvalue weighted by molar-refractivity contribution is 6.09. The molecule has 0 fully saturated rings. The summed E-state index contributed by atoms with van der Waals surface area (Å²) in [6.45, 7) is 0. The molecular formula is C13H13N3O3. The minimum atomic E-state index is -0.306. The number of hydrogen-bond acceptors (Lipinski definition) is 6. The lowest BCUT2D eigenvalue weighted by molar-refractivity contribution is 0.103. The van der Waals surface area contributed by atoms with Crippen LogP contribution < -0.4 is 15.2 Å². The van der Waals surface area contributed by atoms with Gasteiger partial charge in [0.15, 0.2) is 5.69 Å². The third kappa shape index (κ3) is 2.62. The number of nitrogens with two attached hydrogens (primary N) is 1. The number of nitrogens with zero attached hydrogens (tertiary/aromatic N) is 2. The van der Waals surface area contributed by atoms with Gasteiger partial charge in [-0.3, -0.25) is 4.79 Å². The Kier molecular flexibility index (Phi) is 3.61. The number of methoxy groups -OCH3 is 2. The SMILES string of the molecule is COc1cnc(C(=O)c2cccc(N)c2)c(OC)n1. The van der Waals surface area contributed by atoms with E-state index in [0.29, 0.717) is 11.3 Å². The zero-order valence-corrected chi connectivity index (χ0v) is 10.6. The molecule has 19 heavy (non-hydrogen) atoms. The number of carbonyl (C=O) groups excluding carboxylic acids is 1. The maximum atomic E-state index is 12.3. The van der Waals surface area contributed by atoms with Gasteiger partial charge in [-0.05, 0) is 12.1 Å². The molecule has 0 radical (unpaired) electrons. The lowest BCUT2D eigenvalue weighted by atomic mass is 10.1. The second-order valence-corrected chi connectivity index (χ2v) is 3.72. The number of carbonyl (C=O) groups is 1. The van der Waals surface area contributed by atoms with Gasteiger partial charge in [-0.2, -0.15) is 4.98 Å². The fourth-order valence-electron chi connectivity index (χ4n) is 1.57. The predicted octanol–water partition coefficient (Wildman–Crippen LogP) is 1.31.